The van der Waals surface area contributed by atoms with E-state index in [0.29, 0.717) is 19.4 Å². The van der Waals surface area contributed by atoms with E-state index in [4.69, 9.17) is 18.9 Å². The smallest absolute Gasteiger partial charge is 0.312 e. The number of benzene rings is 2. The van der Waals surface area contributed by atoms with Crippen LogP contribution in [0.2, 0.25) is 0 Å². The number of Topliss-reactive ketones (excluding diaryl/α,β-unsaturated/α-hetero) is 1. The van der Waals surface area contributed by atoms with Gasteiger partial charge < -0.3 is 18.9 Å². The second-order valence-corrected chi connectivity index (χ2v) is 11.0. The van der Waals surface area contributed by atoms with Crippen LogP contribution in [0.25, 0.3) is 0 Å². The highest BCUT2D eigenvalue weighted by Gasteiger charge is 2.56. The topological polar surface area (TPSA) is 71.1 Å². The molecule has 0 amide bonds. The number of rotatable bonds is 7. The van der Waals surface area contributed by atoms with Gasteiger partial charge >= 0.3 is 5.97 Å². The third-order valence-electron chi connectivity index (χ3n) is 7.76. The summed E-state index contributed by atoms with van der Waals surface area (Å²) < 4.78 is 24.9. The van der Waals surface area contributed by atoms with Crippen molar-refractivity contribution >= 4 is 11.8 Å². The third kappa shape index (κ3) is 6.95. The molecule has 2 aromatic carbocycles. The fraction of sp³-hybridized carbons (Fsp3) is 0.485. The summed E-state index contributed by atoms with van der Waals surface area (Å²) in [6.45, 7) is 10.2. The zero-order chi connectivity index (χ0) is 28.0. The summed E-state index contributed by atoms with van der Waals surface area (Å²) in [4.78, 5) is 27.2. The van der Waals surface area contributed by atoms with Crippen molar-refractivity contribution in [2.75, 3.05) is 0 Å². The molecule has 0 aliphatic carbocycles. The molecule has 2 heterocycles. The van der Waals surface area contributed by atoms with Gasteiger partial charge in [0, 0.05) is 5.57 Å². The number of carbonyl (C=O) groups is 2. The number of ketones is 1. The Labute approximate surface area is 232 Å². The lowest BCUT2D eigenvalue weighted by Gasteiger charge is -2.30. The first-order valence-electron chi connectivity index (χ1n) is 13.9. The second-order valence-electron chi connectivity index (χ2n) is 11.0. The fourth-order valence-corrected chi connectivity index (χ4v) is 5.35. The number of fused-ring (bicyclic) bond motifs is 2. The van der Waals surface area contributed by atoms with Crippen LogP contribution in [-0.4, -0.2) is 41.8 Å². The summed E-state index contributed by atoms with van der Waals surface area (Å²) in [6.07, 6.45) is 0.491. The maximum Gasteiger partial charge on any atom is 0.312 e. The molecular formula is C33H40O6. The standard InChI is InChI=1S/C33H40O6/c1-6-27-22(2)17-18-28(36-20-25-13-9-7-10-14-25)23(3)19-33(5)31(34)30(29(39-33)24(4)32(35)38-27)37-21-26-15-11-8-12-16-26/h7-16,18,23-24,27-30H,6,19-21H2,1-5H3. The Morgan fingerprint density at radius 2 is 1.54 bits per heavy atom. The highest BCUT2D eigenvalue weighted by molar-refractivity contribution is 5.94. The molecule has 6 heteroatoms. The van der Waals surface area contributed by atoms with Crippen LogP contribution in [-0.2, 0) is 41.8 Å². The molecule has 7 unspecified atom stereocenters. The van der Waals surface area contributed by atoms with Crippen molar-refractivity contribution in [1.82, 2.24) is 0 Å². The summed E-state index contributed by atoms with van der Waals surface area (Å²) >= 11 is 0. The average molecular weight is 533 g/mol. The third-order valence-corrected chi connectivity index (χ3v) is 7.76. The number of carbonyl (C=O) groups excluding carboxylic acids is 2. The van der Waals surface area contributed by atoms with Crippen LogP contribution in [0.3, 0.4) is 0 Å². The van der Waals surface area contributed by atoms with Crippen LogP contribution < -0.4 is 0 Å². The summed E-state index contributed by atoms with van der Waals surface area (Å²) in [5.41, 5.74) is 5.02. The Balaban J connectivity index is 1.65. The van der Waals surface area contributed by atoms with Crippen molar-refractivity contribution in [3.8, 4) is 0 Å². The molecule has 2 bridgehead atoms. The molecule has 0 radical (unpaired) electrons. The summed E-state index contributed by atoms with van der Waals surface area (Å²) in [5, 5.41) is 0. The Morgan fingerprint density at radius 1 is 0.949 bits per heavy atom. The molecule has 0 N–H and O–H groups in total. The van der Waals surface area contributed by atoms with Gasteiger partial charge in [-0.15, -0.1) is 5.73 Å². The van der Waals surface area contributed by atoms with E-state index in [9.17, 15) is 9.59 Å². The van der Waals surface area contributed by atoms with Crippen LogP contribution in [0.4, 0.5) is 0 Å². The zero-order valence-electron chi connectivity index (χ0n) is 23.6. The molecule has 0 saturated carbocycles. The lowest BCUT2D eigenvalue weighted by molar-refractivity contribution is -0.163. The second kappa shape index (κ2) is 12.9. The van der Waals surface area contributed by atoms with E-state index in [-0.39, 0.29) is 24.4 Å². The van der Waals surface area contributed by atoms with Crippen LogP contribution in [0.1, 0.15) is 58.6 Å². The highest BCUT2D eigenvalue weighted by atomic mass is 16.6. The predicted molar refractivity (Wildman–Crippen MR) is 149 cm³/mol. The lowest BCUT2D eigenvalue weighted by Crippen LogP contribution is -2.41. The van der Waals surface area contributed by atoms with Crippen LogP contribution in [0.5, 0.6) is 0 Å². The van der Waals surface area contributed by atoms with Crippen molar-refractivity contribution in [1.29, 1.82) is 0 Å². The van der Waals surface area contributed by atoms with E-state index >= 15 is 0 Å². The monoisotopic (exact) mass is 532 g/mol. The van der Waals surface area contributed by atoms with E-state index in [1.54, 1.807) is 13.8 Å². The van der Waals surface area contributed by atoms with Gasteiger partial charge in [-0.25, -0.2) is 0 Å². The predicted octanol–water partition coefficient (Wildman–Crippen LogP) is 5.98. The van der Waals surface area contributed by atoms with Crippen molar-refractivity contribution in [3.05, 3.63) is 89.2 Å². The minimum absolute atomic E-state index is 0.0794. The van der Waals surface area contributed by atoms with E-state index in [0.717, 1.165) is 16.7 Å². The number of cyclic esters (lactones) is 1. The van der Waals surface area contributed by atoms with Gasteiger partial charge in [0.25, 0.3) is 0 Å². The summed E-state index contributed by atoms with van der Waals surface area (Å²) in [6, 6.07) is 19.7. The van der Waals surface area contributed by atoms with Crippen LogP contribution in [0.15, 0.2) is 78.0 Å². The van der Waals surface area contributed by atoms with Gasteiger partial charge in [-0.2, -0.15) is 0 Å². The van der Waals surface area contributed by atoms with Gasteiger partial charge in [-0.1, -0.05) is 74.5 Å². The number of esters is 1. The van der Waals surface area contributed by atoms with Gasteiger partial charge in [0.2, 0.25) is 0 Å². The molecule has 7 atom stereocenters. The van der Waals surface area contributed by atoms with E-state index in [1.165, 1.54) is 0 Å². The molecule has 0 spiro atoms. The molecule has 1 fully saturated rings. The van der Waals surface area contributed by atoms with Crippen molar-refractivity contribution in [3.63, 3.8) is 0 Å². The van der Waals surface area contributed by atoms with Gasteiger partial charge in [0.15, 0.2) is 5.78 Å². The minimum Gasteiger partial charge on any atom is -0.457 e. The number of ether oxygens (including phenoxy) is 4. The first-order valence-corrected chi connectivity index (χ1v) is 13.9. The van der Waals surface area contributed by atoms with Crippen LogP contribution >= 0.6 is 0 Å². The summed E-state index contributed by atoms with van der Waals surface area (Å²) in [7, 11) is 0. The molecule has 4 rings (SSSR count). The fourth-order valence-electron chi connectivity index (χ4n) is 5.35. The Morgan fingerprint density at radius 3 is 2.13 bits per heavy atom. The van der Waals surface area contributed by atoms with E-state index < -0.39 is 35.8 Å². The Hall–Kier alpha value is -3.02. The Kier molecular flexibility index (Phi) is 9.58. The van der Waals surface area contributed by atoms with Crippen molar-refractivity contribution < 1.29 is 28.5 Å². The van der Waals surface area contributed by atoms with Gasteiger partial charge in [-0.3, -0.25) is 9.59 Å². The van der Waals surface area contributed by atoms with Crippen molar-refractivity contribution in [2.45, 2.75) is 90.7 Å². The van der Waals surface area contributed by atoms with Gasteiger partial charge in [-0.05, 0) is 56.7 Å². The molecular weight excluding hydrogens is 492 g/mol. The van der Waals surface area contributed by atoms with E-state index in [1.807, 2.05) is 80.6 Å². The van der Waals surface area contributed by atoms with Gasteiger partial charge in [0.1, 0.15) is 23.9 Å². The molecule has 2 aliphatic heterocycles. The zero-order valence-corrected chi connectivity index (χ0v) is 23.6. The maximum absolute atomic E-state index is 13.9. The molecule has 39 heavy (non-hydrogen) atoms. The van der Waals surface area contributed by atoms with Crippen LogP contribution in [0, 0.1) is 11.8 Å². The lowest BCUT2D eigenvalue weighted by atomic mass is 9.85. The SMILES string of the molecule is CCC1OC(=O)C(C)C2OC(C)(CC(C)C(OCc3ccccc3)C=C=C1C)C(=O)C2OCc1ccccc1. The summed E-state index contributed by atoms with van der Waals surface area (Å²) in [5.74, 6) is -1.34. The quantitative estimate of drug-likeness (QED) is 0.323. The van der Waals surface area contributed by atoms with Crippen molar-refractivity contribution in [2.24, 2.45) is 11.8 Å². The highest BCUT2D eigenvalue weighted by Crippen LogP contribution is 2.39. The number of hydrogen-bond acceptors (Lipinski definition) is 6. The molecule has 1 saturated heterocycles. The molecule has 208 valence electrons. The maximum atomic E-state index is 13.9. The average Bonchev–Trinajstić information content (AvgIpc) is 3.19. The Bertz CT molecular complexity index is 1190. The molecule has 0 aromatic heterocycles. The largest absolute Gasteiger partial charge is 0.457 e. The first kappa shape index (κ1) is 29.0. The number of hydrogen-bond donors (Lipinski definition) is 0. The van der Waals surface area contributed by atoms with E-state index in [2.05, 4.69) is 12.7 Å². The molecule has 2 aliphatic rings. The van der Waals surface area contributed by atoms with Gasteiger partial charge in [0.05, 0.1) is 25.2 Å². The normalized spacial score (nSPS) is 31.6. The minimum atomic E-state index is -1.14. The molecule has 6 nitrogen and oxygen atoms in total. The first-order chi connectivity index (χ1) is 18.7. The molecule has 2 aromatic rings.